The summed E-state index contributed by atoms with van der Waals surface area (Å²) in [7, 11) is -5.03. The quantitative estimate of drug-likeness (QED) is 0.0825. The predicted molar refractivity (Wildman–Crippen MR) is 164 cm³/mol. The predicted octanol–water partition coefficient (Wildman–Crippen LogP) is 0.441. The summed E-state index contributed by atoms with van der Waals surface area (Å²) in [5.74, 6) is -7.30. The van der Waals surface area contributed by atoms with Crippen molar-refractivity contribution >= 4 is 34.1 Å². The Morgan fingerprint density at radius 3 is 2.15 bits per heavy atom. The summed E-state index contributed by atoms with van der Waals surface area (Å²) in [6.45, 7) is 0.114. The van der Waals surface area contributed by atoms with Crippen molar-refractivity contribution in [1.29, 1.82) is 0 Å². The molecule has 0 aromatic heterocycles. The molecule has 8 N–H and O–H groups in total. The molecular weight excluding hydrogens is 661 g/mol. The monoisotopic (exact) mass is 699 g/mol. The molecule has 1 aliphatic heterocycles. The number of aliphatic hydroxyl groups is 2. The van der Waals surface area contributed by atoms with Gasteiger partial charge in [0, 0.05) is 31.9 Å². The van der Waals surface area contributed by atoms with Gasteiger partial charge in [-0.05, 0) is 48.2 Å². The van der Waals surface area contributed by atoms with Crippen LogP contribution < -0.4 is 15.4 Å². The molecular formula is C30H38FN3O13S. The maximum atomic E-state index is 13.2. The van der Waals surface area contributed by atoms with Gasteiger partial charge < -0.3 is 40.5 Å². The molecule has 2 aromatic rings. The molecule has 264 valence electrons. The summed E-state index contributed by atoms with van der Waals surface area (Å²) in [5.41, 5.74) is 1.55. The lowest BCUT2D eigenvalue weighted by atomic mass is 9.87. The number of aliphatic carboxylic acids is 2. The molecule has 18 heteroatoms. The molecule has 16 nitrogen and oxygen atoms in total. The molecule has 2 amide bonds. The fraction of sp³-hybridized carbons (Fsp3) is 0.467. The van der Waals surface area contributed by atoms with Crippen molar-refractivity contribution in [2.24, 2.45) is 0 Å². The van der Waals surface area contributed by atoms with E-state index in [-0.39, 0.29) is 31.4 Å². The summed E-state index contributed by atoms with van der Waals surface area (Å²) in [6.07, 6.45) is -6.03. The third-order valence-corrected chi connectivity index (χ3v) is 8.10. The molecule has 48 heavy (non-hydrogen) atoms. The van der Waals surface area contributed by atoms with Crippen LogP contribution in [0, 0.1) is 5.82 Å². The van der Waals surface area contributed by atoms with E-state index in [0.29, 0.717) is 17.5 Å². The minimum Gasteiger partial charge on any atom is -0.481 e. The largest absolute Gasteiger partial charge is 0.481 e. The molecule has 0 aliphatic carbocycles. The highest BCUT2D eigenvalue weighted by atomic mass is 32.2. The molecule has 0 bridgehead atoms. The maximum absolute atomic E-state index is 13.2. The number of benzene rings is 2. The fourth-order valence-electron chi connectivity index (χ4n) is 5.17. The van der Waals surface area contributed by atoms with E-state index >= 15 is 0 Å². The highest BCUT2D eigenvalue weighted by molar-refractivity contribution is 7.83. The third-order valence-electron chi connectivity index (χ3n) is 7.50. The zero-order valence-electron chi connectivity index (χ0n) is 25.7. The molecule has 2 aromatic carbocycles. The smallest absolute Gasteiger partial charge is 0.364 e. The van der Waals surface area contributed by atoms with Gasteiger partial charge in [-0.3, -0.25) is 18.9 Å². The molecule has 0 unspecified atom stereocenters. The maximum Gasteiger partial charge on any atom is 0.364 e. The van der Waals surface area contributed by atoms with E-state index in [1.54, 1.807) is 29.0 Å². The molecule has 1 aliphatic rings. The van der Waals surface area contributed by atoms with Crippen LogP contribution in [0.15, 0.2) is 48.5 Å². The first-order valence-electron chi connectivity index (χ1n) is 14.8. The highest BCUT2D eigenvalue weighted by Gasteiger charge is 2.56. The zero-order chi connectivity index (χ0) is 35.6. The lowest BCUT2D eigenvalue weighted by molar-refractivity contribution is -0.300. The fourth-order valence-corrected chi connectivity index (χ4v) is 5.78. The third kappa shape index (κ3) is 11.0. The number of carboxylic acids is 2. The summed E-state index contributed by atoms with van der Waals surface area (Å²) < 4.78 is 59.4. The Balaban J connectivity index is 1.79. The van der Waals surface area contributed by atoms with Gasteiger partial charge in [0.1, 0.15) is 18.0 Å². The van der Waals surface area contributed by atoms with Crippen molar-refractivity contribution in [3.8, 4) is 11.1 Å². The lowest BCUT2D eigenvalue weighted by Crippen LogP contribution is -2.71. The van der Waals surface area contributed by atoms with E-state index in [1.165, 1.54) is 24.3 Å². The molecule has 1 fully saturated rings. The molecule has 1 heterocycles. The molecule has 0 radical (unpaired) electrons. The van der Waals surface area contributed by atoms with Gasteiger partial charge in [-0.15, -0.1) is 0 Å². The second-order valence-corrected chi connectivity index (χ2v) is 12.4. The van der Waals surface area contributed by atoms with Crippen molar-refractivity contribution in [3.63, 3.8) is 0 Å². The van der Waals surface area contributed by atoms with E-state index in [4.69, 9.17) is 14.6 Å². The number of halogens is 1. The highest BCUT2D eigenvalue weighted by Crippen LogP contribution is 2.34. The van der Waals surface area contributed by atoms with Crippen LogP contribution in [0.1, 0.15) is 49.4 Å². The second kappa shape index (κ2) is 16.9. The van der Waals surface area contributed by atoms with Crippen molar-refractivity contribution in [2.45, 2.75) is 75.2 Å². The van der Waals surface area contributed by atoms with Crippen LogP contribution >= 0.6 is 0 Å². The summed E-state index contributed by atoms with van der Waals surface area (Å²) in [4.78, 5) is 48.1. The van der Waals surface area contributed by atoms with Gasteiger partial charge in [-0.1, -0.05) is 30.7 Å². The van der Waals surface area contributed by atoms with Crippen LogP contribution in [0.4, 0.5) is 4.39 Å². The molecule has 0 spiro atoms. The Labute approximate surface area is 275 Å². The number of aliphatic hydroxyl groups excluding tert-OH is 2. The number of ether oxygens (including phenoxy) is 2. The number of rotatable bonds is 17. The first kappa shape index (κ1) is 38.4. The van der Waals surface area contributed by atoms with Crippen LogP contribution in [0.5, 0.6) is 0 Å². The van der Waals surface area contributed by atoms with Crippen LogP contribution in [0.2, 0.25) is 0 Å². The van der Waals surface area contributed by atoms with Crippen LogP contribution in [0.25, 0.3) is 11.1 Å². The molecule has 0 saturated carbocycles. The van der Waals surface area contributed by atoms with E-state index < -0.39 is 89.0 Å². The SMILES string of the molecule is CC(=O)N[C@H]1[C@H]([C@H](O)[C@H](O)CNC(=O)c2ccc(-c3ccc(F)cc3)cc2)O[C@@](OCCCCCC(=O)O)(C(=O)O)C[C@@H]1NS(=O)(=O)O. The van der Waals surface area contributed by atoms with E-state index in [9.17, 15) is 51.9 Å². The first-order valence-corrected chi connectivity index (χ1v) is 16.2. The van der Waals surface area contributed by atoms with Gasteiger partial charge >= 0.3 is 22.2 Å². The number of hydrogen-bond acceptors (Lipinski definition) is 10. The average Bonchev–Trinajstić information content (AvgIpc) is 3.01. The van der Waals surface area contributed by atoms with Crippen LogP contribution in [-0.2, 0) is 34.2 Å². The first-order chi connectivity index (χ1) is 22.5. The lowest BCUT2D eigenvalue weighted by Gasteiger charge is -2.48. The van der Waals surface area contributed by atoms with Gasteiger partial charge in [0.15, 0.2) is 0 Å². The Morgan fingerprint density at radius 1 is 1.00 bits per heavy atom. The van der Waals surface area contributed by atoms with E-state index in [1.807, 2.05) is 0 Å². The minimum absolute atomic E-state index is 0.136. The van der Waals surface area contributed by atoms with Gasteiger partial charge in [-0.25, -0.2) is 9.18 Å². The van der Waals surface area contributed by atoms with Crippen molar-refractivity contribution in [1.82, 2.24) is 15.4 Å². The van der Waals surface area contributed by atoms with Crippen LogP contribution in [-0.4, -0.2) is 106 Å². The van der Waals surface area contributed by atoms with Gasteiger partial charge in [0.2, 0.25) is 5.91 Å². The standard InChI is InChI=1S/C30H38FN3O13S/c1-17(35)33-25-22(34-48(43,44)45)15-30(29(41)42,46-14-4-2-3-5-24(37)38)47-27(25)26(39)23(36)16-32-28(40)20-8-6-18(7-9-20)19-10-12-21(31)13-11-19/h6-13,22-23,25-27,34,36,39H,2-5,14-16H2,1H3,(H,32,40)(H,33,35)(H,37,38)(H,41,42)(H,43,44,45)/t22-,23+,25+,26+,27+,30+/m0/s1. The van der Waals surface area contributed by atoms with Crippen molar-refractivity contribution in [3.05, 3.63) is 59.9 Å². The van der Waals surface area contributed by atoms with Crippen molar-refractivity contribution < 1.29 is 66.4 Å². The van der Waals surface area contributed by atoms with Gasteiger partial charge in [0.25, 0.3) is 11.7 Å². The number of unbranched alkanes of at least 4 members (excludes halogenated alkanes) is 2. The summed E-state index contributed by atoms with van der Waals surface area (Å²) in [6, 6.07) is 8.65. The summed E-state index contributed by atoms with van der Waals surface area (Å²) in [5, 5.41) is 45.7. The number of nitrogens with one attached hydrogen (secondary N) is 3. The van der Waals surface area contributed by atoms with Crippen LogP contribution in [0.3, 0.4) is 0 Å². The molecule has 1 saturated heterocycles. The number of carbonyl (C=O) groups excluding carboxylic acids is 2. The Kier molecular flexibility index (Phi) is 13.5. The molecule has 6 atom stereocenters. The Morgan fingerprint density at radius 2 is 1.60 bits per heavy atom. The number of hydrogen-bond donors (Lipinski definition) is 8. The molecule has 3 rings (SSSR count). The Bertz CT molecular complexity index is 1540. The second-order valence-electron chi connectivity index (χ2n) is 11.2. The minimum atomic E-state index is -5.03. The van der Waals surface area contributed by atoms with Gasteiger partial charge in [-0.2, -0.15) is 13.1 Å². The zero-order valence-corrected chi connectivity index (χ0v) is 26.6. The number of amides is 2. The van der Waals surface area contributed by atoms with Gasteiger partial charge in [0.05, 0.1) is 24.8 Å². The van der Waals surface area contributed by atoms with E-state index in [2.05, 4.69) is 10.6 Å². The topological polar surface area (TPSA) is 258 Å². The van der Waals surface area contributed by atoms with Crippen molar-refractivity contribution in [2.75, 3.05) is 13.2 Å². The number of carboxylic acid groups (broad SMARTS) is 2. The normalized spacial score (nSPS) is 22.3. The number of carbonyl (C=O) groups is 4. The summed E-state index contributed by atoms with van der Waals surface area (Å²) >= 11 is 0. The Hall–Kier alpha value is -4.04. The van der Waals surface area contributed by atoms with E-state index in [0.717, 1.165) is 6.92 Å². The average molecular weight is 700 g/mol.